The number of hydrogen-bond acceptors (Lipinski definition) is 2. The molecule has 0 aromatic heterocycles. The molecule has 1 unspecified atom stereocenters. The van der Waals surface area contributed by atoms with Gasteiger partial charge in [-0.05, 0) is 5.92 Å². The van der Waals surface area contributed by atoms with E-state index in [0.717, 1.165) is 0 Å². The quantitative estimate of drug-likeness (QED) is 0.593. The molecule has 1 atom stereocenters. The maximum absolute atomic E-state index is 10.7. The van der Waals surface area contributed by atoms with Crippen molar-refractivity contribution in [3.05, 3.63) is 0 Å². The van der Waals surface area contributed by atoms with E-state index in [1.165, 1.54) is 0 Å². The SMILES string of the molecule is CNC(=O)CC(O)C(C)C. The van der Waals surface area contributed by atoms with E-state index >= 15 is 0 Å². The minimum absolute atomic E-state index is 0.110. The van der Waals surface area contributed by atoms with Crippen molar-refractivity contribution in [1.82, 2.24) is 5.32 Å². The van der Waals surface area contributed by atoms with Crippen molar-refractivity contribution < 1.29 is 9.90 Å². The van der Waals surface area contributed by atoms with Gasteiger partial charge >= 0.3 is 0 Å². The molecule has 0 heterocycles. The summed E-state index contributed by atoms with van der Waals surface area (Å²) < 4.78 is 0. The molecule has 1 amide bonds. The zero-order chi connectivity index (χ0) is 8.15. The zero-order valence-electron chi connectivity index (χ0n) is 6.72. The van der Waals surface area contributed by atoms with Crippen molar-refractivity contribution in [1.29, 1.82) is 0 Å². The van der Waals surface area contributed by atoms with Crippen LogP contribution in [0, 0.1) is 5.92 Å². The first-order valence-electron chi connectivity index (χ1n) is 3.46. The molecule has 0 aliphatic rings. The Labute approximate surface area is 61.4 Å². The summed E-state index contributed by atoms with van der Waals surface area (Å²) in [6.07, 6.45) is -0.311. The lowest BCUT2D eigenvalue weighted by atomic mass is 10.0. The summed E-state index contributed by atoms with van der Waals surface area (Å²) in [5.74, 6) is 0.0403. The number of aliphatic hydroxyl groups is 1. The fraction of sp³-hybridized carbons (Fsp3) is 0.857. The number of carbonyl (C=O) groups excluding carboxylic acids is 1. The van der Waals surface area contributed by atoms with Crippen LogP contribution in [0.3, 0.4) is 0 Å². The molecule has 0 spiro atoms. The van der Waals surface area contributed by atoms with Crippen molar-refractivity contribution in [2.75, 3.05) is 7.05 Å². The lowest BCUT2D eigenvalue weighted by Gasteiger charge is -2.12. The Balaban J connectivity index is 3.57. The number of rotatable bonds is 3. The van der Waals surface area contributed by atoms with Crippen molar-refractivity contribution in [3.63, 3.8) is 0 Å². The fourth-order valence-corrected chi connectivity index (χ4v) is 0.528. The van der Waals surface area contributed by atoms with Crippen molar-refractivity contribution in [2.45, 2.75) is 26.4 Å². The molecule has 10 heavy (non-hydrogen) atoms. The van der Waals surface area contributed by atoms with Gasteiger partial charge in [0, 0.05) is 7.05 Å². The summed E-state index contributed by atoms with van der Waals surface area (Å²) in [4.78, 5) is 10.7. The number of nitrogens with one attached hydrogen (secondary N) is 1. The van der Waals surface area contributed by atoms with Crippen LogP contribution in [0.5, 0.6) is 0 Å². The molecule has 0 saturated heterocycles. The van der Waals surface area contributed by atoms with Crippen LogP contribution in [-0.2, 0) is 4.79 Å². The number of hydrogen-bond donors (Lipinski definition) is 2. The minimum atomic E-state index is -0.514. The van der Waals surface area contributed by atoms with Gasteiger partial charge < -0.3 is 10.4 Å². The highest BCUT2D eigenvalue weighted by molar-refractivity contribution is 5.75. The molecule has 0 radical (unpaired) electrons. The fourth-order valence-electron chi connectivity index (χ4n) is 0.528. The van der Waals surface area contributed by atoms with E-state index in [-0.39, 0.29) is 18.2 Å². The molecule has 0 aromatic rings. The van der Waals surface area contributed by atoms with E-state index in [1.54, 1.807) is 7.05 Å². The summed E-state index contributed by atoms with van der Waals surface area (Å²) in [6.45, 7) is 3.77. The molecular weight excluding hydrogens is 130 g/mol. The van der Waals surface area contributed by atoms with Crippen LogP contribution in [0.1, 0.15) is 20.3 Å². The molecular formula is C7H15NO2. The van der Waals surface area contributed by atoms with Crippen LogP contribution in [-0.4, -0.2) is 24.2 Å². The molecule has 0 aliphatic carbocycles. The standard InChI is InChI=1S/C7H15NO2/c1-5(2)6(9)4-7(10)8-3/h5-6,9H,4H2,1-3H3,(H,8,10). The highest BCUT2D eigenvalue weighted by Crippen LogP contribution is 2.04. The highest BCUT2D eigenvalue weighted by Gasteiger charge is 2.12. The van der Waals surface area contributed by atoms with Crippen LogP contribution >= 0.6 is 0 Å². The maximum atomic E-state index is 10.7. The monoisotopic (exact) mass is 145 g/mol. The lowest BCUT2D eigenvalue weighted by Crippen LogP contribution is -2.26. The third kappa shape index (κ3) is 3.45. The molecule has 0 bridgehead atoms. The molecule has 60 valence electrons. The maximum Gasteiger partial charge on any atom is 0.222 e. The first kappa shape index (κ1) is 9.43. The van der Waals surface area contributed by atoms with Crippen molar-refractivity contribution >= 4 is 5.91 Å². The smallest absolute Gasteiger partial charge is 0.222 e. The predicted molar refractivity (Wildman–Crippen MR) is 39.5 cm³/mol. The lowest BCUT2D eigenvalue weighted by molar-refractivity contribution is -0.123. The summed E-state index contributed by atoms with van der Waals surface area (Å²) in [5.41, 5.74) is 0. The van der Waals surface area contributed by atoms with Gasteiger partial charge in [0.15, 0.2) is 0 Å². The van der Waals surface area contributed by atoms with Gasteiger partial charge in [-0.25, -0.2) is 0 Å². The Morgan fingerprint density at radius 2 is 2.10 bits per heavy atom. The summed E-state index contributed by atoms with van der Waals surface area (Å²) in [5, 5.41) is 11.6. The van der Waals surface area contributed by atoms with Gasteiger partial charge in [-0.3, -0.25) is 4.79 Å². The van der Waals surface area contributed by atoms with E-state index in [4.69, 9.17) is 5.11 Å². The largest absolute Gasteiger partial charge is 0.392 e. The number of carbonyl (C=O) groups is 1. The second-order valence-corrected chi connectivity index (χ2v) is 2.69. The Morgan fingerprint density at radius 3 is 2.40 bits per heavy atom. The van der Waals surface area contributed by atoms with E-state index in [9.17, 15) is 4.79 Å². The van der Waals surface area contributed by atoms with E-state index in [1.807, 2.05) is 13.8 Å². The second kappa shape index (κ2) is 4.28. The van der Waals surface area contributed by atoms with Gasteiger partial charge in [0.2, 0.25) is 5.91 Å². The molecule has 0 rings (SSSR count). The van der Waals surface area contributed by atoms with E-state index in [2.05, 4.69) is 5.32 Å². The van der Waals surface area contributed by atoms with Gasteiger partial charge in [0.1, 0.15) is 0 Å². The molecule has 0 saturated carbocycles. The van der Waals surface area contributed by atoms with E-state index < -0.39 is 6.10 Å². The second-order valence-electron chi connectivity index (χ2n) is 2.69. The van der Waals surface area contributed by atoms with Gasteiger partial charge in [-0.2, -0.15) is 0 Å². The normalized spacial score (nSPS) is 13.3. The van der Waals surface area contributed by atoms with Gasteiger partial charge in [0.05, 0.1) is 12.5 Å². The Kier molecular flexibility index (Phi) is 4.03. The highest BCUT2D eigenvalue weighted by atomic mass is 16.3. The molecule has 0 fully saturated rings. The van der Waals surface area contributed by atoms with Crippen LogP contribution < -0.4 is 5.32 Å². The first-order valence-corrected chi connectivity index (χ1v) is 3.46. The van der Waals surface area contributed by atoms with Crippen LogP contribution in [0.4, 0.5) is 0 Å². The average molecular weight is 145 g/mol. The van der Waals surface area contributed by atoms with Gasteiger partial charge in [-0.1, -0.05) is 13.8 Å². The van der Waals surface area contributed by atoms with Crippen LogP contribution in [0.25, 0.3) is 0 Å². The summed E-state index contributed by atoms with van der Waals surface area (Å²) >= 11 is 0. The number of amides is 1. The van der Waals surface area contributed by atoms with Crippen molar-refractivity contribution in [2.24, 2.45) is 5.92 Å². The Bertz CT molecular complexity index is 112. The zero-order valence-corrected chi connectivity index (χ0v) is 6.72. The van der Waals surface area contributed by atoms with Gasteiger partial charge in [0.25, 0.3) is 0 Å². The third-order valence-corrected chi connectivity index (χ3v) is 1.44. The van der Waals surface area contributed by atoms with Gasteiger partial charge in [-0.15, -0.1) is 0 Å². The Hall–Kier alpha value is -0.570. The average Bonchev–Trinajstić information content (AvgIpc) is 1.87. The van der Waals surface area contributed by atoms with Crippen LogP contribution in [0.2, 0.25) is 0 Å². The molecule has 0 aliphatic heterocycles. The summed E-state index contributed by atoms with van der Waals surface area (Å²) in [6, 6.07) is 0. The predicted octanol–water partition coefficient (Wildman–Crippen LogP) is 0.139. The molecule has 2 N–H and O–H groups in total. The van der Waals surface area contributed by atoms with E-state index in [0.29, 0.717) is 0 Å². The van der Waals surface area contributed by atoms with Crippen LogP contribution in [0.15, 0.2) is 0 Å². The molecule has 3 nitrogen and oxygen atoms in total. The van der Waals surface area contributed by atoms with Crippen molar-refractivity contribution in [3.8, 4) is 0 Å². The first-order chi connectivity index (χ1) is 4.57. The molecule has 0 aromatic carbocycles. The number of aliphatic hydroxyl groups excluding tert-OH is 1. The third-order valence-electron chi connectivity index (χ3n) is 1.44. The Morgan fingerprint density at radius 1 is 1.60 bits per heavy atom. The summed E-state index contributed by atoms with van der Waals surface area (Å²) in [7, 11) is 1.56. The topological polar surface area (TPSA) is 49.3 Å². The minimum Gasteiger partial charge on any atom is -0.392 e. The molecule has 3 heteroatoms.